The zero-order chi connectivity index (χ0) is 13.8. The highest BCUT2D eigenvalue weighted by Gasteiger charge is 2.27. The highest BCUT2D eigenvalue weighted by Crippen LogP contribution is 2.25. The summed E-state index contributed by atoms with van der Waals surface area (Å²) in [6, 6.07) is 6.75. The lowest BCUT2D eigenvalue weighted by molar-refractivity contribution is -0.143. The van der Waals surface area contributed by atoms with Crippen molar-refractivity contribution in [1.82, 2.24) is 5.32 Å². The number of hydrogen-bond acceptors (Lipinski definition) is 3. The second-order valence-corrected chi connectivity index (χ2v) is 4.79. The van der Waals surface area contributed by atoms with Gasteiger partial charge in [-0.25, -0.2) is 4.79 Å². The number of carboxylic acids is 1. The largest absolute Gasteiger partial charge is 0.480 e. The standard InChI is InChI=1S/C14H17NO4/c16-8-12(14(18)19)15-13(17)11-6-5-9-3-1-2-4-10(9)7-11/h1-4,11-12,16H,5-8H2,(H,15,17)(H,18,19)/t11?,12-/m0/s1. The number of aliphatic hydroxyl groups is 1. The maximum atomic E-state index is 12.0. The van der Waals surface area contributed by atoms with Crippen molar-refractivity contribution in [2.45, 2.75) is 25.3 Å². The summed E-state index contributed by atoms with van der Waals surface area (Å²) in [7, 11) is 0. The van der Waals surface area contributed by atoms with E-state index in [4.69, 9.17) is 10.2 Å². The first kappa shape index (κ1) is 13.5. The van der Waals surface area contributed by atoms with E-state index < -0.39 is 18.6 Å². The van der Waals surface area contributed by atoms with Crippen molar-refractivity contribution in [3.05, 3.63) is 35.4 Å². The number of carbonyl (C=O) groups is 2. The Balaban J connectivity index is 2.01. The van der Waals surface area contributed by atoms with E-state index >= 15 is 0 Å². The molecule has 1 aliphatic rings. The third-order valence-electron chi connectivity index (χ3n) is 3.51. The van der Waals surface area contributed by atoms with Crippen LogP contribution in [0.15, 0.2) is 24.3 Å². The lowest BCUT2D eigenvalue weighted by Crippen LogP contribution is -2.46. The van der Waals surface area contributed by atoms with E-state index in [2.05, 4.69) is 11.4 Å². The second kappa shape index (κ2) is 5.84. The van der Waals surface area contributed by atoms with E-state index in [1.165, 1.54) is 5.56 Å². The molecule has 1 aromatic carbocycles. The summed E-state index contributed by atoms with van der Waals surface area (Å²) in [6.07, 6.45) is 2.16. The Morgan fingerprint density at radius 2 is 2.00 bits per heavy atom. The number of aryl methyl sites for hydroxylation is 1. The van der Waals surface area contributed by atoms with Crippen molar-refractivity contribution >= 4 is 11.9 Å². The van der Waals surface area contributed by atoms with Crippen LogP contribution in [0.25, 0.3) is 0 Å². The van der Waals surface area contributed by atoms with Crippen LogP contribution in [0.2, 0.25) is 0 Å². The van der Waals surface area contributed by atoms with Gasteiger partial charge in [-0.05, 0) is 30.4 Å². The van der Waals surface area contributed by atoms with Gasteiger partial charge in [-0.15, -0.1) is 0 Å². The summed E-state index contributed by atoms with van der Waals surface area (Å²) in [5.41, 5.74) is 2.40. The van der Waals surface area contributed by atoms with Crippen LogP contribution in [0.1, 0.15) is 17.5 Å². The summed E-state index contributed by atoms with van der Waals surface area (Å²) in [4.78, 5) is 22.8. The Labute approximate surface area is 111 Å². The number of aliphatic hydroxyl groups excluding tert-OH is 1. The minimum Gasteiger partial charge on any atom is -0.480 e. The average molecular weight is 263 g/mol. The predicted octanol–water partition coefficient (Wildman–Crippen LogP) is 0.353. The first-order valence-electron chi connectivity index (χ1n) is 6.32. The lowest BCUT2D eigenvalue weighted by atomic mass is 9.83. The molecule has 0 heterocycles. The molecule has 0 fully saturated rings. The van der Waals surface area contributed by atoms with Crippen LogP contribution < -0.4 is 5.32 Å². The van der Waals surface area contributed by atoms with Crippen LogP contribution in [0.4, 0.5) is 0 Å². The molecule has 1 aliphatic carbocycles. The average Bonchev–Trinajstić information content (AvgIpc) is 2.43. The maximum Gasteiger partial charge on any atom is 0.328 e. The number of amides is 1. The Morgan fingerprint density at radius 3 is 2.63 bits per heavy atom. The fourth-order valence-corrected chi connectivity index (χ4v) is 2.40. The van der Waals surface area contributed by atoms with Crippen LogP contribution >= 0.6 is 0 Å². The number of aliphatic carboxylic acids is 1. The van der Waals surface area contributed by atoms with Crippen molar-refractivity contribution in [3.63, 3.8) is 0 Å². The molecule has 2 rings (SSSR count). The molecule has 5 nitrogen and oxygen atoms in total. The van der Waals surface area contributed by atoms with Crippen molar-refractivity contribution in [3.8, 4) is 0 Å². The molecule has 1 amide bonds. The molecule has 1 aromatic rings. The molecule has 0 bridgehead atoms. The summed E-state index contributed by atoms with van der Waals surface area (Å²) < 4.78 is 0. The van der Waals surface area contributed by atoms with Gasteiger partial charge in [-0.1, -0.05) is 24.3 Å². The van der Waals surface area contributed by atoms with Gasteiger partial charge in [0.2, 0.25) is 5.91 Å². The van der Waals surface area contributed by atoms with Crippen LogP contribution in [0.5, 0.6) is 0 Å². The van der Waals surface area contributed by atoms with Gasteiger partial charge in [-0.3, -0.25) is 4.79 Å². The Hall–Kier alpha value is -1.88. The molecule has 0 spiro atoms. The van der Waals surface area contributed by atoms with Crippen LogP contribution in [-0.2, 0) is 22.4 Å². The number of carbonyl (C=O) groups excluding carboxylic acids is 1. The molecule has 2 atom stereocenters. The quantitative estimate of drug-likeness (QED) is 0.731. The Kier molecular flexibility index (Phi) is 4.16. The molecule has 0 saturated carbocycles. The highest BCUT2D eigenvalue weighted by atomic mass is 16.4. The normalized spacial score (nSPS) is 19.3. The number of hydrogen-bond donors (Lipinski definition) is 3. The van der Waals surface area contributed by atoms with E-state index in [-0.39, 0.29) is 11.8 Å². The van der Waals surface area contributed by atoms with Gasteiger partial charge in [0.25, 0.3) is 0 Å². The first-order chi connectivity index (χ1) is 9.11. The summed E-state index contributed by atoms with van der Waals surface area (Å²) in [6.45, 7) is -0.593. The smallest absolute Gasteiger partial charge is 0.328 e. The molecular formula is C14H17NO4. The van der Waals surface area contributed by atoms with E-state index in [1.807, 2.05) is 18.2 Å². The molecule has 0 aromatic heterocycles. The van der Waals surface area contributed by atoms with Gasteiger partial charge in [0.05, 0.1) is 6.61 Å². The monoisotopic (exact) mass is 263 g/mol. The minimum absolute atomic E-state index is 0.219. The van der Waals surface area contributed by atoms with E-state index in [1.54, 1.807) is 0 Å². The molecule has 19 heavy (non-hydrogen) atoms. The summed E-state index contributed by atoms with van der Waals surface area (Å²) >= 11 is 0. The third kappa shape index (κ3) is 3.12. The molecule has 0 saturated heterocycles. The lowest BCUT2D eigenvalue weighted by Gasteiger charge is -2.24. The summed E-state index contributed by atoms with van der Waals surface area (Å²) in [5, 5.41) is 20.1. The molecule has 1 unspecified atom stereocenters. The minimum atomic E-state index is -1.22. The van der Waals surface area contributed by atoms with Gasteiger partial charge in [-0.2, -0.15) is 0 Å². The van der Waals surface area contributed by atoms with Gasteiger partial charge >= 0.3 is 5.97 Å². The second-order valence-electron chi connectivity index (χ2n) is 4.79. The highest BCUT2D eigenvalue weighted by molar-refractivity contribution is 5.85. The first-order valence-corrected chi connectivity index (χ1v) is 6.32. The molecule has 0 radical (unpaired) electrons. The molecule has 0 aliphatic heterocycles. The van der Waals surface area contributed by atoms with E-state index in [9.17, 15) is 9.59 Å². The summed E-state index contributed by atoms with van der Waals surface area (Å²) in [5.74, 6) is -1.73. The Bertz CT molecular complexity index is 486. The fourth-order valence-electron chi connectivity index (χ4n) is 2.40. The third-order valence-corrected chi connectivity index (χ3v) is 3.51. The zero-order valence-electron chi connectivity index (χ0n) is 10.5. The SMILES string of the molecule is O=C(N[C@@H](CO)C(=O)O)C1CCc2ccccc2C1. The number of carboxylic acid groups (broad SMARTS) is 1. The number of rotatable bonds is 4. The fraction of sp³-hybridized carbons (Fsp3) is 0.429. The van der Waals surface area contributed by atoms with Crippen LogP contribution in [0, 0.1) is 5.92 Å². The van der Waals surface area contributed by atoms with E-state index in [0.717, 1.165) is 12.0 Å². The van der Waals surface area contributed by atoms with Crippen molar-refractivity contribution < 1.29 is 19.8 Å². The molecule has 5 heteroatoms. The van der Waals surface area contributed by atoms with E-state index in [0.29, 0.717) is 12.8 Å². The number of benzene rings is 1. The van der Waals surface area contributed by atoms with Crippen LogP contribution in [0.3, 0.4) is 0 Å². The zero-order valence-corrected chi connectivity index (χ0v) is 10.5. The number of fused-ring (bicyclic) bond motifs is 1. The van der Waals surface area contributed by atoms with Crippen molar-refractivity contribution in [1.29, 1.82) is 0 Å². The maximum absolute atomic E-state index is 12.0. The van der Waals surface area contributed by atoms with Crippen molar-refractivity contribution in [2.75, 3.05) is 6.61 Å². The predicted molar refractivity (Wildman–Crippen MR) is 68.6 cm³/mol. The van der Waals surface area contributed by atoms with Gasteiger partial charge in [0, 0.05) is 5.92 Å². The molecule has 3 N–H and O–H groups in total. The van der Waals surface area contributed by atoms with Crippen LogP contribution in [-0.4, -0.2) is 34.7 Å². The molecule has 102 valence electrons. The number of nitrogens with one attached hydrogen (secondary N) is 1. The topological polar surface area (TPSA) is 86.6 Å². The molecular weight excluding hydrogens is 246 g/mol. The van der Waals surface area contributed by atoms with Gasteiger partial charge in [0.1, 0.15) is 6.04 Å². The van der Waals surface area contributed by atoms with Crippen molar-refractivity contribution in [2.24, 2.45) is 5.92 Å². The van der Waals surface area contributed by atoms with Gasteiger partial charge in [0.15, 0.2) is 0 Å². The van der Waals surface area contributed by atoms with Gasteiger partial charge < -0.3 is 15.5 Å². The Morgan fingerprint density at radius 1 is 1.32 bits per heavy atom.